The molecule has 0 bridgehead atoms. The van der Waals surface area contributed by atoms with Crippen molar-refractivity contribution in [3.8, 4) is 0 Å². The van der Waals surface area contributed by atoms with Gasteiger partial charge in [0, 0.05) is 17.8 Å². The predicted octanol–water partition coefficient (Wildman–Crippen LogP) is -1.09. The molecule has 3 N–H and O–H groups in total. The number of hydrogen-bond donors (Lipinski definition) is 3. The van der Waals surface area contributed by atoms with Gasteiger partial charge in [0.05, 0.1) is 6.67 Å². The maximum absolute atomic E-state index is 11.2. The van der Waals surface area contributed by atoms with Crippen molar-refractivity contribution >= 4 is 5.91 Å². The first-order valence-corrected chi connectivity index (χ1v) is 3.83. The van der Waals surface area contributed by atoms with E-state index in [1.807, 2.05) is 0 Å². The van der Waals surface area contributed by atoms with Gasteiger partial charge < -0.3 is 16.0 Å². The molecule has 2 aliphatic heterocycles. The molecule has 0 radical (unpaired) electrons. The van der Waals surface area contributed by atoms with Crippen LogP contribution in [0.1, 0.15) is 6.42 Å². The molecule has 60 valence electrons. The fourth-order valence-electron chi connectivity index (χ4n) is 1.44. The molecule has 0 saturated carbocycles. The minimum atomic E-state index is 0.0975. The summed E-state index contributed by atoms with van der Waals surface area (Å²) >= 11 is 0. The Morgan fingerprint density at radius 3 is 3.00 bits per heavy atom. The van der Waals surface area contributed by atoms with E-state index in [4.69, 9.17) is 0 Å². The van der Waals surface area contributed by atoms with E-state index in [1.54, 1.807) is 0 Å². The van der Waals surface area contributed by atoms with Gasteiger partial charge in [0.1, 0.15) is 0 Å². The molecule has 0 spiro atoms. The lowest BCUT2D eigenvalue weighted by molar-refractivity contribution is -0.118. The maximum atomic E-state index is 11.2. The smallest absolute Gasteiger partial charge is 0.250 e. The Labute approximate surface area is 65.0 Å². The van der Waals surface area contributed by atoms with Gasteiger partial charge in [0.25, 0.3) is 0 Å². The van der Waals surface area contributed by atoms with Crippen LogP contribution in [-0.2, 0) is 4.79 Å². The molecule has 0 aromatic carbocycles. The number of amides is 1. The summed E-state index contributed by atoms with van der Waals surface area (Å²) in [4.78, 5) is 11.2. The van der Waals surface area contributed by atoms with Crippen LogP contribution in [0.25, 0.3) is 0 Å². The standard InChI is InChI=1S/C7H11N3O/c11-7-5-1-2-8-3-6(5)9-4-10-7/h8-9H,1-4H2,(H,10,11). The first-order chi connectivity index (χ1) is 5.38. The van der Waals surface area contributed by atoms with Gasteiger partial charge in [-0.25, -0.2) is 0 Å². The molecule has 0 aromatic heterocycles. The number of hydrogen-bond acceptors (Lipinski definition) is 3. The van der Waals surface area contributed by atoms with Crippen molar-refractivity contribution in [3.05, 3.63) is 11.3 Å². The molecule has 0 atom stereocenters. The van der Waals surface area contributed by atoms with Gasteiger partial charge in [-0.3, -0.25) is 4.79 Å². The first kappa shape index (κ1) is 6.67. The van der Waals surface area contributed by atoms with Crippen LogP contribution in [-0.4, -0.2) is 25.7 Å². The largest absolute Gasteiger partial charge is 0.370 e. The molecule has 11 heavy (non-hydrogen) atoms. The number of nitrogens with one attached hydrogen (secondary N) is 3. The fraction of sp³-hybridized carbons (Fsp3) is 0.571. The minimum Gasteiger partial charge on any atom is -0.370 e. The summed E-state index contributed by atoms with van der Waals surface area (Å²) in [7, 11) is 0. The summed E-state index contributed by atoms with van der Waals surface area (Å²) < 4.78 is 0. The maximum Gasteiger partial charge on any atom is 0.250 e. The van der Waals surface area contributed by atoms with Crippen molar-refractivity contribution < 1.29 is 4.79 Å². The Balaban J connectivity index is 2.27. The van der Waals surface area contributed by atoms with E-state index in [9.17, 15) is 4.79 Å². The quantitative estimate of drug-likeness (QED) is 0.414. The molecule has 2 rings (SSSR count). The lowest BCUT2D eigenvalue weighted by Crippen LogP contribution is -2.46. The van der Waals surface area contributed by atoms with Gasteiger partial charge in [-0.1, -0.05) is 0 Å². The van der Waals surface area contributed by atoms with E-state index < -0.39 is 0 Å². The van der Waals surface area contributed by atoms with Crippen molar-refractivity contribution in [1.82, 2.24) is 16.0 Å². The summed E-state index contributed by atoms with van der Waals surface area (Å²) in [6.07, 6.45) is 0.841. The van der Waals surface area contributed by atoms with Crippen molar-refractivity contribution in [2.45, 2.75) is 6.42 Å². The van der Waals surface area contributed by atoms with Crippen LogP contribution in [0.2, 0.25) is 0 Å². The van der Waals surface area contributed by atoms with E-state index >= 15 is 0 Å². The summed E-state index contributed by atoms with van der Waals surface area (Å²) in [6.45, 7) is 2.29. The summed E-state index contributed by atoms with van der Waals surface area (Å²) in [5, 5.41) is 9.09. The molecular weight excluding hydrogens is 142 g/mol. The van der Waals surface area contributed by atoms with Crippen LogP contribution in [0.15, 0.2) is 11.3 Å². The molecule has 0 aromatic rings. The second-order valence-corrected chi connectivity index (χ2v) is 2.74. The second-order valence-electron chi connectivity index (χ2n) is 2.74. The van der Waals surface area contributed by atoms with Crippen LogP contribution in [0, 0.1) is 0 Å². The molecule has 1 amide bonds. The van der Waals surface area contributed by atoms with Gasteiger partial charge in [0.2, 0.25) is 5.91 Å². The average Bonchev–Trinajstić information content (AvgIpc) is 2.06. The van der Waals surface area contributed by atoms with Crippen LogP contribution in [0.4, 0.5) is 0 Å². The van der Waals surface area contributed by atoms with Crippen molar-refractivity contribution in [1.29, 1.82) is 0 Å². The first-order valence-electron chi connectivity index (χ1n) is 3.83. The lowest BCUT2D eigenvalue weighted by atomic mass is 10.0. The SMILES string of the molecule is O=C1NCNC2=C1CCNC2. The molecule has 4 heteroatoms. The highest BCUT2D eigenvalue weighted by atomic mass is 16.1. The van der Waals surface area contributed by atoms with Crippen molar-refractivity contribution in [2.75, 3.05) is 19.8 Å². The number of carbonyl (C=O) groups is 1. The van der Waals surface area contributed by atoms with Crippen LogP contribution < -0.4 is 16.0 Å². The van der Waals surface area contributed by atoms with Crippen molar-refractivity contribution in [2.24, 2.45) is 0 Å². The van der Waals surface area contributed by atoms with Gasteiger partial charge >= 0.3 is 0 Å². The third kappa shape index (κ3) is 1.09. The Kier molecular flexibility index (Phi) is 1.54. The van der Waals surface area contributed by atoms with Crippen molar-refractivity contribution in [3.63, 3.8) is 0 Å². The van der Waals surface area contributed by atoms with Gasteiger partial charge in [-0.15, -0.1) is 0 Å². The monoisotopic (exact) mass is 153 g/mol. The molecule has 0 fully saturated rings. The topological polar surface area (TPSA) is 53.2 Å². The number of rotatable bonds is 0. The Morgan fingerprint density at radius 2 is 2.18 bits per heavy atom. The Bertz CT molecular complexity index is 218. The zero-order chi connectivity index (χ0) is 7.68. The van der Waals surface area contributed by atoms with E-state index in [-0.39, 0.29) is 5.91 Å². The number of carbonyl (C=O) groups excluding carboxylic acids is 1. The van der Waals surface area contributed by atoms with Gasteiger partial charge in [0.15, 0.2) is 0 Å². The van der Waals surface area contributed by atoms with E-state index in [2.05, 4.69) is 16.0 Å². The van der Waals surface area contributed by atoms with Crippen LogP contribution >= 0.6 is 0 Å². The molecule has 2 aliphatic rings. The molecular formula is C7H11N3O. The van der Waals surface area contributed by atoms with Gasteiger partial charge in [-0.2, -0.15) is 0 Å². The predicted molar refractivity (Wildman–Crippen MR) is 40.7 cm³/mol. The highest BCUT2D eigenvalue weighted by molar-refractivity contribution is 5.95. The van der Waals surface area contributed by atoms with Crippen LogP contribution in [0.5, 0.6) is 0 Å². The molecule has 2 heterocycles. The zero-order valence-electron chi connectivity index (χ0n) is 6.24. The second kappa shape index (κ2) is 2.54. The lowest BCUT2D eigenvalue weighted by Gasteiger charge is -2.26. The third-order valence-electron chi connectivity index (χ3n) is 2.04. The van der Waals surface area contributed by atoms with E-state index in [1.165, 1.54) is 0 Å². The Hall–Kier alpha value is -1.03. The summed E-state index contributed by atoms with van der Waals surface area (Å²) in [6, 6.07) is 0. The molecule has 0 unspecified atom stereocenters. The normalized spacial score (nSPS) is 23.8. The van der Waals surface area contributed by atoms with Crippen LogP contribution in [0.3, 0.4) is 0 Å². The molecule has 0 aliphatic carbocycles. The molecule has 0 saturated heterocycles. The third-order valence-corrected chi connectivity index (χ3v) is 2.04. The molecule has 4 nitrogen and oxygen atoms in total. The highest BCUT2D eigenvalue weighted by Crippen LogP contribution is 2.12. The summed E-state index contributed by atoms with van der Waals surface area (Å²) in [5.41, 5.74) is 2.00. The Morgan fingerprint density at radius 1 is 1.27 bits per heavy atom. The van der Waals surface area contributed by atoms with E-state index in [0.29, 0.717) is 6.67 Å². The fourth-order valence-corrected chi connectivity index (χ4v) is 1.44. The zero-order valence-corrected chi connectivity index (χ0v) is 6.24. The van der Waals surface area contributed by atoms with Gasteiger partial charge in [-0.05, 0) is 13.0 Å². The van der Waals surface area contributed by atoms with E-state index in [0.717, 1.165) is 30.8 Å². The minimum absolute atomic E-state index is 0.0975. The highest BCUT2D eigenvalue weighted by Gasteiger charge is 2.21. The average molecular weight is 153 g/mol. The summed E-state index contributed by atoms with van der Waals surface area (Å²) in [5.74, 6) is 0.0975.